The number of anilines is 1. The van der Waals surface area contributed by atoms with Crippen molar-refractivity contribution in [2.45, 2.75) is 13.8 Å². The van der Waals surface area contributed by atoms with E-state index in [2.05, 4.69) is 16.0 Å². The van der Waals surface area contributed by atoms with Gasteiger partial charge in [-0.1, -0.05) is 23.7 Å². The molecular formula is C15H15ClN4. The summed E-state index contributed by atoms with van der Waals surface area (Å²) in [7, 11) is 0. The summed E-state index contributed by atoms with van der Waals surface area (Å²) in [6.45, 7) is 5.67. The monoisotopic (exact) mass is 286 g/mol. The molecule has 0 radical (unpaired) electrons. The molecule has 102 valence electrons. The standard InChI is InChI=1S/C15H15ClN4/c1-3-20(4-2)15-18-13(10-17)9-14(19-15)11-5-7-12(16)8-6-11/h5-9H,3-4H2,1-2H3. The van der Waals surface area contributed by atoms with Crippen LogP contribution in [0.1, 0.15) is 19.5 Å². The van der Waals surface area contributed by atoms with Crippen LogP contribution in [0.4, 0.5) is 5.95 Å². The number of nitrogens with zero attached hydrogens (tertiary/aromatic N) is 4. The topological polar surface area (TPSA) is 52.8 Å². The lowest BCUT2D eigenvalue weighted by Crippen LogP contribution is -2.24. The van der Waals surface area contributed by atoms with E-state index >= 15 is 0 Å². The Balaban J connectivity index is 2.50. The molecule has 0 saturated heterocycles. The fourth-order valence-corrected chi connectivity index (χ4v) is 2.03. The van der Waals surface area contributed by atoms with Crippen molar-refractivity contribution in [2.75, 3.05) is 18.0 Å². The van der Waals surface area contributed by atoms with Crippen LogP contribution < -0.4 is 4.90 Å². The van der Waals surface area contributed by atoms with E-state index in [1.807, 2.05) is 43.0 Å². The van der Waals surface area contributed by atoms with Crippen LogP contribution in [0.3, 0.4) is 0 Å². The predicted octanol–water partition coefficient (Wildman–Crippen LogP) is 3.51. The predicted molar refractivity (Wildman–Crippen MR) is 80.8 cm³/mol. The van der Waals surface area contributed by atoms with Gasteiger partial charge in [-0.3, -0.25) is 0 Å². The fraction of sp³-hybridized carbons (Fsp3) is 0.267. The first-order valence-electron chi connectivity index (χ1n) is 6.48. The quantitative estimate of drug-likeness (QED) is 0.863. The second-order valence-corrected chi connectivity index (χ2v) is 4.67. The molecule has 0 aliphatic carbocycles. The van der Waals surface area contributed by atoms with E-state index in [0.717, 1.165) is 24.3 Å². The minimum atomic E-state index is 0.367. The maximum absolute atomic E-state index is 9.12. The van der Waals surface area contributed by atoms with Crippen molar-refractivity contribution in [3.05, 3.63) is 41.0 Å². The first-order valence-corrected chi connectivity index (χ1v) is 6.85. The Morgan fingerprint density at radius 2 is 1.80 bits per heavy atom. The molecule has 20 heavy (non-hydrogen) atoms. The average molecular weight is 287 g/mol. The summed E-state index contributed by atoms with van der Waals surface area (Å²) in [5, 5.41) is 9.80. The van der Waals surface area contributed by atoms with Gasteiger partial charge in [0.05, 0.1) is 5.69 Å². The molecule has 5 heteroatoms. The molecule has 1 aromatic heterocycles. The Morgan fingerprint density at radius 3 is 2.35 bits per heavy atom. The second kappa shape index (κ2) is 6.36. The van der Waals surface area contributed by atoms with Crippen molar-refractivity contribution in [1.29, 1.82) is 5.26 Å². The summed E-state index contributed by atoms with van der Waals surface area (Å²) in [5.41, 5.74) is 2.02. The van der Waals surface area contributed by atoms with Gasteiger partial charge in [-0.25, -0.2) is 9.97 Å². The number of benzene rings is 1. The first-order chi connectivity index (χ1) is 9.67. The molecule has 0 unspecified atom stereocenters. The minimum Gasteiger partial charge on any atom is -0.341 e. The van der Waals surface area contributed by atoms with Gasteiger partial charge in [0.1, 0.15) is 11.8 Å². The van der Waals surface area contributed by atoms with E-state index in [9.17, 15) is 0 Å². The Labute approximate surface area is 123 Å². The van der Waals surface area contributed by atoms with E-state index in [0.29, 0.717) is 16.7 Å². The highest BCUT2D eigenvalue weighted by Crippen LogP contribution is 2.22. The van der Waals surface area contributed by atoms with Gasteiger partial charge in [0.2, 0.25) is 5.95 Å². The van der Waals surface area contributed by atoms with Crippen molar-refractivity contribution in [1.82, 2.24) is 9.97 Å². The number of hydrogen-bond acceptors (Lipinski definition) is 4. The van der Waals surface area contributed by atoms with Crippen LogP contribution in [0.2, 0.25) is 5.02 Å². The number of rotatable bonds is 4. The Kier molecular flexibility index (Phi) is 4.54. The summed E-state index contributed by atoms with van der Waals surface area (Å²) in [5.74, 6) is 0.582. The van der Waals surface area contributed by atoms with Crippen LogP contribution >= 0.6 is 11.6 Å². The van der Waals surface area contributed by atoms with Crippen LogP contribution in [0, 0.1) is 11.3 Å². The molecule has 1 heterocycles. The van der Waals surface area contributed by atoms with Gasteiger partial charge in [0, 0.05) is 29.7 Å². The molecule has 0 atom stereocenters. The zero-order valence-electron chi connectivity index (χ0n) is 11.5. The lowest BCUT2D eigenvalue weighted by molar-refractivity contribution is 0.820. The Hall–Kier alpha value is -2.12. The smallest absolute Gasteiger partial charge is 0.227 e. The van der Waals surface area contributed by atoms with Crippen molar-refractivity contribution >= 4 is 17.5 Å². The largest absolute Gasteiger partial charge is 0.341 e. The van der Waals surface area contributed by atoms with Crippen molar-refractivity contribution in [3.8, 4) is 17.3 Å². The van der Waals surface area contributed by atoms with Crippen LogP contribution in [-0.2, 0) is 0 Å². The molecule has 0 N–H and O–H groups in total. The van der Waals surface area contributed by atoms with Gasteiger partial charge < -0.3 is 4.90 Å². The number of halogens is 1. The van der Waals surface area contributed by atoms with Crippen molar-refractivity contribution in [2.24, 2.45) is 0 Å². The number of aromatic nitrogens is 2. The summed E-state index contributed by atoms with van der Waals surface area (Å²) in [4.78, 5) is 10.8. The van der Waals surface area contributed by atoms with Crippen LogP contribution in [0.5, 0.6) is 0 Å². The van der Waals surface area contributed by atoms with Gasteiger partial charge in [-0.05, 0) is 26.0 Å². The van der Waals surface area contributed by atoms with E-state index in [1.54, 1.807) is 6.07 Å². The summed E-state index contributed by atoms with van der Waals surface area (Å²) in [6, 6.07) is 11.2. The van der Waals surface area contributed by atoms with Gasteiger partial charge in [0.15, 0.2) is 0 Å². The number of nitriles is 1. The molecule has 0 fully saturated rings. The van der Waals surface area contributed by atoms with Crippen LogP contribution in [-0.4, -0.2) is 23.1 Å². The minimum absolute atomic E-state index is 0.367. The molecule has 0 amide bonds. The molecule has 2 rings (SSSR count). The lowest BCUT2D eigenvalue weighted by atomic mass is 10.1. The molecule has 0 aliphatic heterocycles. The van der Waals surface area contributed by atoms with E-state index in [1.165, 1.54) is 0 Å². The zero-order chi connectivity index (χ0) is 14.5. The van der Waals surface area contributed by atoms with E-state index in [-0.39, 0.29) is 0 Å². The molecule has 2 aromatic rings. The highest BCUT2D eigenvalue weighted by molar-refractivity contribution is 6.30. The molecule has 1 aromatic carbocycles. The average Bonchev–Trinajstić information content (AvgIpc) is 2.49. The Bertz CT molecular complexity index is 627. The molecule has 0 spiro atoms. The molecule has 0 bridgehead atoms. The maximum atomic E-state index is 9.12. The van der Waals surface area contributed by atoms with Gasteiger partial charge in [0.25, 0.3) is 0 Å². The lowest BCUT2D eigenvalue weighted by Gasteiger charge is -2.19. The van der Waals surface area contributed by atoms with Gasteiger partial charge >= 0.3 is 0 Å². The fourth-order valence-electron chi connectivity index (χ4n) is 1.91. The van der Waals surface area contributed by atoms with Crippen LogP contribution in [0.15, 0.2) is 30.3 Å². The van der Waals surface area contributed by atoms with Crippen molar-refractivity contribution in [3.63, 3.8) is 0 Å². The van der Waals surface area contributed by atoms with Gasteiger partial charge in [-0.2, -0.15) is 5.26 Å². The molecular weight excluding hydrogens is 272 g/mol. The molecule has 4 nitrogen and oxygen atoms in total. The highest BCUT2D eigenvalue weighted by atomic mass is 35.5. The van der Waals surface area contributed by atoms with Crippen LogP contribution in [0.25, 0.3) is 11.3 Å². The van der Waals surface area contributed by atoms with Crippen molar-refractivity contribution < 1.29 is 0 Å². The summed E-state index contributed by atoms with van der Waals surface area (Å²) < 4.78 is 0. The molecule has 0 aliphatic rings. The normalized spacial score (nSPS) is 10.1. The third kappa shape index (κ3) is 3.06. The SMILES string of the molecule is CCN(CC)c1nc(C#N)cc(-c2ccc(Cl)cc2)n1. The second-order valence-electron chi connectivity index (χ2n) is 4.23. The third-order valence-electron chi connectivity index (χ3n) is 3.02. The summed E-state index contributed by atoms with van der Waals surface area (Å²) in [6.07, 6.45) is 0. The first kappa shape index (κ1) is 14.3. The highest BCUT2D eigenvalue weighted by Gasteiger charge is 2.10. The zero-order valence-corrected chi connectivity index (χ0v) is 12.2. The van der Waals surface area contributed by atoms with E-state index in [4.69, 9.17) is 16.9 Å². The molecule has 0 saturated carbocycles. The maximum Gasteiger partial charge on any atom is 0.227 e. The Morgan fingerprint density at radius 1 is 1.15 bits per heavy atom. The van der Waals surface area contributed by atoms with Gasteiger partial charge in [-0.15, -0.1) is 0 Å². The number of hydrogen-bond donors (Lipinski definition) is 0. The summed E-state index contributed by atoms with van der Waals surface area (Å²) >= 11 is 5.89. The third-order valence-corrected chi connectivity index (χ3v) is 3.27. The van der Waals surface area contributed by atoms with E-state index < -0.39 is 0 Å².